The third-order valence-electron chi connectivity index (χ3n) is 13.1. The number of hydrogen-bond donors (Lipinski definition) is 4. The van der Waals surface area contributed by atoms with Crippen molar-refractivity contribution < 1.29 is 46.8 Å². The van der Waals surface area contributed by atoms with Gasteiger partial charge in [-0.1, -0.05) is 38.2 Å². The quantitative estimate of drug-likeness (QED) is 0.105. The van der Waals surface area contributed by atoms with Crippen molar-refractivity contribution in [2.75, 3.05) is 19.0 Å². The number of nitrogens with zero attached hydrogens (tertiary/aromatic N) is 3. The first-order chi connectivity index (χ1) is 31.2. The van der Waals surface area contributed by atoms with Crippen LogP contribution in [0.1, 0.15) is 103 Å². The number of aromatic nitrogens is 2. The van der Waals surface area contributed by atoms with Crippen LogP contribution in [0.5, 0.6) is 11.5 Å². The van der Waals surface area contributed by atoms with Crippen LogP contribution < -0.4 is 25.4 Å². The second-order valence-corrected chi connectivity index (χ2v) is 22.2. The van der Waals surface area contributed by atoms with Crippen LogP contribution in [0.25, 0.3) is 22.3 Å². The molecule has 2 saturated carbocycles. The first-order valence-electron chi connectivity index (χ1n) is 22.6. The second kappa shape index (κ2) is 19.8. The number of amides is 3. The van der Waals surface area contributed by atoms with Crippen molar-refractivity contribution in [2.45, 2.75) is 139 Å². The van der Waals surface area contributed by atoms with E-state index in [1.165, 1.54) is 22.3 Å². The third kappa shape index (κ3) is 10.3. The van der Waals surface area contributed by atoms with Crippen LogP contribution in [-0.4, -0.2) is 86.9 Å². The van der Waals surface area contributed by atoms with Gasteiger partial charge in [0, 0.05) is 34.9 Å². The lowest BCUT2D eigenvalue weighted by Crippen LogP contribution is -2.55. The molecule has 0 spiro atoms. The van der Waals surface area contributed by atoms with E-state index < -0.39 is 78.0 Å². The average Bonchev–Trinajstić information content (AvgIpc) is 3.68. The molecule has 4 aliphatic rings. The monoisotopic (exact) mass is 1000 g/mol. The predicted octanol–water partition coefficient (Wildman–Crippen LogP) is 9.66. The van der Waals surface area contributed by atoms with Gasteiger partial charge < -0.3 is 40.0 Å². The summed E-state index contributed by atoms with van der Waals surface area (Å²) in [6.07, 6.45) is 5.48. The molecule has 8 rings (SSSR count). The molecule has 4 fully saturated rings. The second-order valence-electron chi connectivity index (χ2n) is 18.0. The number of rotatable bonds is 11. The summed E-state index contributed by atoms with van der Waals surface area (Å²) < 4.78 is 63.2. The van der Waals surface area contributed by atoms with E-state index in [0.717, 1.165) is 57.1 Å². The number of methoxy groups -OCH3 is 1. The fourth-order valence-corrected chi connectivity index (χ4v) is 13.5. The molecule has 3 amide bonds. The number of benzene rings is 2. The van der Waals surface area contributed by atoms with Crippen LogP contribution in [0.4, 0.5) is 18.7 Å². The standard InChI is InChI=1S/C46H56BrF2N6O8PS/c1-26(2)50-44-52-36(25-65-44)35-21-39(30-18-19-38(61-3)40(47)41(30)51-35)62-29-20-37-42(56)54-46(64(59,60)24-31-32(48)15-11-16-33(31)49)22-27(46)12-7-5-4-6-8-17-34(43(57)55(37)23-29)53-45(58)63-28-13-9-10-14-28/h11,15-16,18-19,21,25-29,34,37H,4-10,12-14,17,20,22-24H2,1-3H3,(H,50,52)(H,53,58)(H,54,56)(H,59,60)/t27-,29+,34-,37-,46-/m0/s1. The molecule has 2 aromatic carbocycles. The lowest BCUT2D eigenvalue weighted by molar-refractivity contribution is -0.140. The first-order valence-corrected chi connectivity index (χ1v) is 26.1. The van der Waals surface area contributed by atoms with Gasteiger partial charge in [0.1, 0.15) is 58.4 Å². The Labute approximate surface area is 389 Å². The van der Waals surface area contributed by atoms with Crippen LogP contribution >= 0.6 is 34.6 Å². The maximum absolute atomic E-state index is 15.0. The fourth-order valence-electron chi connectivity index (χ4n) is 9.58. The minimum atomic E-state index is -4.55. The zero-order chi connectivity index (χ0) is 46.0. The van der Waals surface area contributed by atoms with E-state index in [2.05, 4.69) is 31.9 Å². The maximum Gasteiger partial charge on any atom is 0.408 e. The SMILES string of the molecule is COc1ccc2c(O[C@@H]3C[C@H]4C(=O)N[C@]5(P(=O)(O)Cc6c(F)cccc6F)C[C@@H]5CCCCCCC[C@H](NC(=O)OC5CCCC5)C(=O)N4C3)cc(-c3csc(NC(C)C)n3)nc2c1Br. The largest absolute Gasteiger partial charge is 0.495 e. The minimum absolute atomic E-state index is 0.0230. The smallest absolute Gasteiger partial charge is 0.408 e. The number of pyridine rings is 1. The summed E-state index contributed by atoms with van der Waals surface area (Å²) in [6.45, 7) is 3.96. The van der Waals surface area contributed by atoms with Crippen LogP contribution in [0, 0.1) is 17.6 Å². The number of ether oxygens (including phenoxy) is 3. The van der Waals surface area contributed by atoms with Gasteiger partial charge in [0.05, 0.1) is 35.5 Å². The highest BCUT2D eigenvalue weighted by atomic mass is 79.9. The lowest BCUT2D eigenvalue weighted by Gasteiger charge is -2.31. The number of nitrogens with one attached hydrogen (secondary N) is 3. The van der Waals surface area contributed by atoms with Crippen LogP contribution in [-0.2, 0) is 25.1 Å². The summed E-state index contributed by atoms with van der Waals surface area (Å²) in [5.74, 6) is -2.60. The highest BCUT2D eigenvalue weighted by molar-refractivity contribution is 9.10. The van der Waals surface area contributed by atoms with E-state index in [0.29, 0.717) is 69.1 Å². The van der Waals surface area contributed by atoms with Gasteiger partial charge in [-0.2, -0.15) is 0 Å². The van der Waals surface area contributed by atoms with Gasteiger partial charge in [-0.3, -0.25) is 14.2 Å². The zero-order valence-electron chi connectivity index (χ0n) is 36.7. The molecule has 14 nitrogen and oxygen atoms in total. The van der Waals surface area contributed by atoms with Gasteiger partial charge in [-0.15, -0.1) is 11.3 Å². The number of carbonyl (C=O) groups is 3. The Morgan fingerprint density at radius 1 is 1.00 bits per heavy atom. The van der Waals surface area contributed by atoms with Gasteiger partial charge in [-0.25, -0.2) is 23.5 Å². The Kier molecular flexibility index (Phi) is 14.4. The average molecular weight is 1000 g/mol. The summed E-state index contributed by atoms with van der Waals surface area (Å²) in [5, 5.41) is 10.6. The molecule has 6 atom stereocenters. The molecule has 1 unspecified atom stereocenters. The van der Waals surface area contributed by atoms with Gasteiger partial charge in [0.25, 0.3) is 0 Å². The highest BCUT2D eigenvalue weighted by Gasteiger charge is 2.66. The van der Waals surface area contributed by atoms with E-state index in [-0.39, 0.29) is 31.5 Å². The van der Waals surface area contributed by atoms with E-state index in [1.54, 1.807) is 19.2 Å². The highest BCUT2D eigenvalue weighted by Crippen LogP contribution is 2.71. The number of alkyl carbamates (subject to hydrolysis) is 1. The maximum atomic E-state index is 15.0. The van der Waals surface area contributed by atoms with Crippen molar-refractivity contribution in [3.8, 4) is 22.9 Å². The Balaban J connectivity index is 1.14. The minimum Gasteiger partial charge on any atom is -0.495 e. The summed E-state index contributed by atoms with van der Waals surface area (Å²) in [4.78, 5) is 66.1. The lowest BCUT2D eigenvalue weighted by atomic mass is 10.0. The van der Waals surface area contributed by atoms with Crippen molar-refractivity contribution >= 4 is 68.6 Å². The molecular weight excluding hydrogens is 945 g/mol. The Morgan fingerprint density at radius 3 is 2.43 bits per heavy atom. The molecule has 2 saturated heterocycles. The number of carbonyl (C=O) groups excluding carboxylic acids is 3. The normalized spacial score (nSPS) is 25.2. The van der Waals surface area contributed by atoms with Gasteiger partial charge in [0.2, 0.25) is 19.2 Å². The zero-order valence-corrected chi connectivity index (χ0v) is 40.0. The molecule has 19 heteroatoms. The molecule has 4 N–H and O–H groups in total. The third-order valence-corrected chi connectivity index (χ3v) is 17.3. The summed E-state index contributed by atoms with van der Waals surface area (Å²) in [6, 6.07) is 6.52. The van der Waals surface area contributed by atoms with Gasteiger partial charge >= 0.3 is 6.09 Å². The number of halogens is 3. The Hall–Kier alpha value is -4.38. The van der Waals surface area contributed by atoms with E-state index in [1.807, 2.05) is 25.3 Å². The van der Waals surface area contributed by atoms with E-state index in [4.69, 9.17) is 24.2 Å². The van der Waals surface area contributed by atoms with Gasteiger partial charge in [-0.05, 0) is 105 Å². The number of hydrogen-bond acceptors (Lipinski definition) is 11. The van der Waals surface area contributed by atoms with Crippen molar-refractivity contribution in [2.24, 2.45) is 5.92 Å². The molecule has 2 aromatic heterocycles. The topological polar surface area (TPSA) is 181 Å². The van der Waals surface area contributed by atoms with Crippen molar-refractivity contribution in [1.82, 2.24) is 25.5 Å². The number of fused-ring (bicyclic) bond motifs is 3. The molecule has 0 bridgehead atoms. The molecule has 65 heavy (non-hydrogen) atoms. The van der Waals surface area contributed by atoms with Crippen molar-refractivity contribution in [3.05, 3.63) is 63.4 Å². The molecule has 0 radical (unpaired) electrons. The molecular formula is C46H56BrF2N6O8PS. The molecule has 2 aliphatic carbocycles. The summed E-state index contributed by atoms with van der Waals surface area (Å²) in [7, 11) is -3.00. The van der Waals surface area contributed by atoms with Crippen LogP contribution in [0.3, 0.4) is 0 Å². The molecule has 2 aliphatic heterocycles. The Bertz CT molecular complexity index is 2450. The van der Waals surface area contributed by atoms with Crippen LogP contribution in [0.15, 0.2) is 46.3 Å². The van der Waals surface area contributed by atoms with E-state index >= 15 is 0 Å². The van der Waals surface area contributed by atoms with Gasteiger partial charge in [0.15, 0.2) is 5.13 Å². The summed E-state index contributed by atoms with van der Waals surface area (Å²) in [5.41, 5.74) is 1.11. The fraction of sp³-hybridized carbons (Fsp3) is 0.543. The van der Waals surface area contributed by atoms with Crippen molar-refractivity contribution in [1.29, 1.82) is 0 Å². The Morgan fingerprint density at radius 2 is 1.71 bits per heavy atom. The van der Waals surface area contributed by atoms with E-state index in [9.17, 15) is 32.6 Å². The molecule has 350 valence electrons. The van der Waals surface area contributed by atoms with Crippen LogP contribution in [0.2, 0.25) is 0 Å². The molecule has 4 heterocycles. The number of thiazole rings is 1. The van der Waals surface area contributed by atoms with Crippen molar-refractivity contribution in [3.63, 3.8) is 0 Å². The number of anilines is 1. The molecule has 4 aromatic rings. The summed E-state index contributed by atoms with van der Waals surface area (Å²) >= 11 is 5.10. The first kappa shape index (κ1) is 47.1. The predicted molar refractivity (Wildman–Crippen MR) is 247 cm³/mol.